The zero-order valence-corrected chi connectivity index (χ0v) is 19.1. The maximum absolute atomic E-state index is 12.6. The quantitative estimate of drug-likeness (QED) is 0.327. The van der Waals surface area contributed by atoms with Gasteiger partial charge in [-0.1, -0.05) is 44.7 Å². The monoisotopic (exact) mass is 444 g/mol. The number of rotatable bonds is 13. The smallest absolute Gasteiger partial charge is 0.261 e. The lowest BCUT2D eigenvalue weighted by Gasteiger charge is -2.13. The second-order valence-electron chi connectivity index (χ2n) is 7.03. The van der Waals surface area contributed by atoms with E-state index in [9.17, 15) is 4.79 Å². The van der Waals surface area contributed by atoms with Gasteiger partial charge in [0.1, 0.15) is 18.1 Å². The Bertz CT molecular complexity index is 811. The van der Waals surface area contributed by atoms with Crippen LogP contribution in [0.4, 0.5) is 5.69 Å². The van der Waals surface area contributed by atoms with Gasteiger partial charge in [-0.25, -0.2) is 0 Å². The molecule has 0 aliphatic carbocycles. The molecule has 6 nitrogen and oxygen atoms in total. The summed E-state index contributed by atoms with van der Waals surface area (Å²) in [6, 6.07) is 14.5. The minimum atomic E-state index is -0.339. The van der Waals surface area contributed by atoms with E-state index in [0.717, 1.165) is 24.5 Å². The average molecular weight is 445 g/mol. The first-order valence-corrected chi connectivity index (χ1v) is 11.1. The highest BCUT2D eigenvalue weighted by atomic mass is 32.1. The van der Waals surface area contributed by atoms with Crippen molar-refractivity contribution in [2.24, 2.45) is 0 Å². The number of methoxy groups -OCH3 is 1. The van der Waals surface area contributed by atoms with Gasteiger partial charge in [-0.05, 0) is 55.0 Å². The van der Waals surface area contributed by atoms with E-state index in [0.29, 0.717) is 24.5 Å². The lowest BCUT2D eigenvalue weighted by atomic mass is 10.2. The Hall–Kier alpha value is -2.64. The zero-order chi connectivity index (χ0) is 22.3. The predicted molar refractivity (Wildman–Crippen MR) is 128 cm³/mol. The summed E-state index contributed by atoms with van der Waals surface area (Å²) in [7, 11) is 1.60. The van der Waals surface area contributed by atoms with Crippen LogP contribution in [0, 0.1) is 0 Å². The molecule has 0 bridgehead atoms. The van der Waals surface area contributed by atoms with E-state index in [4.69, 9.17) is 26.4 Å². The summed E-state index contributed by atoms with van der Waals surface area (Å²) < 4.78 is 16.4. The Morgan fingerprint density at radius 2 is 1.65 bits per heavy atom. The molecule has 31 heavy (non-hydrogen) atoms. The van der Waals surface area contributed by atoms with Crippen LogP contribution in [0.15, 0.2) is 48.5 Å². The molecule has 2 aromatic carbocycles. The Balaban J connectivity index is 1.80. The number of benzene rings is 2. The highest BCUT2D eigenvalue weighted by Crippen LogP contribution is 2.19. The fraction of sp³-hybridized carbons (Fsp3) is 0.417. The van der Waals surface area contributed by atoms with Gasteiger partial charge in [0.2, 0.25) is 0 Å². The highest BCUT2D eigenvalue weighted by Gasteiger charge is 2.13. The van der Waals surface area contributed by atoms with Crippen molar-refractivity contribution < 1.29 is 19.0 Å². The van der Waals surface area contributed by atoms with Gasteiger partial charge in [0.05, 0.1) is 18.8 Å². The molecular formula is C24H32N2O4S. The lowest BCUT2D eigenvalue weighted by molar-refractivity contribution is 0.0970. The number of para-hydroxylation sites is 1. The molecular weight excluding hydrogens is 412 g/mol. The van der Waals surface area contributed by atoms with Crippen molar-refractivity contribution in [2.45, 2.75) is 39.0 Å². The molecule has 0 saturated carbocycles. The van der Waals surface area contributed by atoms with E-state index in [1.54, 1.807) is 25.3 Å². The number of hydrogen-bond donors (Lipinski definition) is 2. The number of nitrogens with one attached hydrogen (secondary N) is 2. The van der Waals surface area contributed by atoms with Gasteiger partial charge in [0, 0.05) is 12.8 Å². The van der Waals surface area contributed by atoms with Crippen molar-refractivity contribution in [3.05, 3.63) is 54.1 Å². The summed E-state index contributed by atoms with van der Waals surface area (Å²) in [6.45, 7) is 3.73. The van der Waals surface area contributed by atoms with Crippen molar-refractivity contribution in [1.29, 1.82) is 0 Å². The topological polar surface area (TPSA) is 68.8 Å². The molecule has 0 spiro atoms. The first kappa shape index (κ1) is 24.6. The standard InChI is InChI=1S/C24H32N2O4S/c1-3-4-5-6-9-16-29-20-14-12-19(13-15-20)25-24(31)26-23(27)21-10-7-8-11-22(21)30-18-17-28-2/h7-8,10-15H,3-6,9,16-18H2,1-2H3,(H2,25,26,27,31). The van der Waals surface area contributed by atoms with Crippen LogP contribution in [0.25, 0.3) is 0 Å². The predicted octanol–water partition coefficient (Wildman–Crippen LogP) is 5.19. The molecule has 7 heteroatoms. The normalized spacial score (nSPS) is 10.4. The van der Waals surface area contributed by atoms with Crippen molar-refractivity contribution in [1.82, 2.24) is 5.32 Å². The van der Waals surface area contributed by atoms with Gasteiger partial charge in [-0.3, -0.25) is 10.1 Å². The molecule has 0 radical (unpaired) electrons. The third-order valence-corrected chi connectivity index (χ3v) is 4.74. The fourth-order valence-corrected chi connectivity index (χ4v) is 3.09. The lowest BCUT2D eigenvalue weighted by Crippen LogP contribution is -2.34. The number of thiocarbonyl (C=S) groups is 1. The number of carbonyl (C=O) groups excluding carboxylic acids is 1. The molecule has 2 aromatic rings. The maximum Gasteiger partial charge on any atom is 0.261 e. The average Bonchev–Trinajstić information content (AvgIpc) is 2.77. The number of anilines is 1. The molecule has 0 aliphatic rings. The van der Waals surface area contributed by atoms with Crippen molar-refractivity contribution in [3.63, 3.8) is 0 Å². The summed E-state index contributed by atoms with van der Waals surface area (Å²) in [5.74, 6) is 0.961. The minimum absolute atomic E-state index is 0.210. The van der Waals surface area contributed by atoms with Crippen molar-refractivity contribution in [3.8, 4) is 11.5 Å². The van der Waals surface area contributed by atoms with E-state index >= 15 is 0 Å². The van der Waals surface area contributed by atoms with Crippen LogP contribution in [0.2, 0.25) is 0 Å². The third kappa shape index (κ3) is 9.36. The van der Waals surface area contributed by atoms with Crippen LogP contribution in [-0.2, 0) is 4.74 Å². The third-order valence-electron chi connectivity index (χ3n) is 4.53. The summed E-state index contributed by atoms with van der Waals surface area (Å²) in [5, 5.41) is 5.91. The zero-order valence-electron chi connectivity index (χ0n) is 18.3. The van der Waals surface area contributed by atoms with Gasteiger partial charge in [0.25, 0.3) is 5.91 Å². The number of unbranched alkanes of at least 4 members (excludes halogenated alkanes) is 4. The summed E-state index contributed by atoms with van der Waals surface area (Å²) >= 11 is 5.28. The number of amides is 1. The number of ether oxygens (including phenoxy) is 3. The van der Waals surface area contributed by atoms with E-state index in [1.165, 1.54) is 25.7 Å². The van der Waals surface area contributed by atoms with Crippen LogP contribution in [0.1, 0.15) is 49.4 Å². The number of hydrogen-bond acceptors (Lipinski definition) is 5. The van der Waals surface area contributed by atoms with Crippen LogP contribution in [0.3, 0.4) is 0 Å². The van der Waals surface area contributed by atoms with E-state index in [2.05, 4.69) is 17.6 Å². The van der Waals surface area contributed by atoms with Crippen molar-refractivity contribution >= 4 is 28.9 Å². The summed E-state index contributed by atoms with van der Waals surface area (Å²) in [5.41, 5.74) is 1.18. The summed E-state index contributed by atoms with van der Waals surface area (Å²) in [4.78, 5) is 12.6. The SMILES string of the molecule is CCCCCCCOc1ccc(NC(=S)NC(=O)c2ccccc2OCCOC)cc1. The molecule has 0 saturated heterocycles. The van der Waals surface area contributed by atoms with Gasteiger partial charge in [-0.2, -0.15) is 0 Å². The van der Waals surface area contributed by atoms with Gasteiger partial charge in [-0.15, -0.1) is 0 Å². The molecule has 0 aromatic heterocycles. The van der Waals surface area contributed by atoms with E-state index in [1.807, 2.05) is 30.3 Å². The van der Waals surface area contributed by atoms with E-state index in [-0.39, 0.29) is 11.0 Å². The van der Waals surface area contributed by atoms with Gasteiger partial charge < -0.3 is 19.5 Å². The fourth-order valence-electron chi connectivity index (χ4n) is 2.88. The Morgan fingerprint density at radius 3 is 2.39 bits per heavy atom. The molecule has 0 fully saturated rings. The largest absolute Gasteiger partial charge is 0.494 e. The maximum atomic E-state index is 12.6. The molecule has 0 heterocycles. The molecule has 2 rings (SSSR count). The van der Waals surface area contributed by atoms with E-state index < -0.39 is 0 Å². The first-order valence-electron chi connectivity index (χ1n) is 10.7. The molecule has 0 atom stereocenters. The second-order valence-corrected chi connectivity index (χ2v) is 7.44. The van der Waals surface area contributed by atoms with Crippen LogP contribution in [-0.4, -0.2) is 38.0 Å². The molecule has 2 N–H and O–H groups in total. The van der Waals surface area contributed by atoms with Crippen LogP contribution in [0.5, 0.6) is 11.5 Å². The number of carbonyl (C=O) groups is 1. The molecule has 1 amide bonds. The van der Waals surface area contributed by atoms with Crippen LogP contribution < -0.4 is 20.1 Å². The summed E-state index contributed by atoms with van der Waals surface area (Å²) in [6.07, 6.45) is 6.04. The molecule has 168 valence electrons. The van der Waals surface area contributed by atoms with Gasteiger partial charge >= 0.3 is 0 Å². The minimum Gasteiger partial charge on any atom is -0.494 e. The first-order chi connectivity index (χ1) is 15.1. The Morgan fingerprint density at radius 1 is 0.903 bits per heavy atom. The highest BCUT2D eigenvalue weighted by molar-refractivity contribution is 7.80. The Labute approximate surface area is 190 Å². The molecule has 0 aliphatic heterocycles. The van der Waals surface area contributed by atoms with Gasteiger partial charge in [0.15, 0.2) is 5.11 Å². The van der Waals surface area contributed by atoms with Crippen LogP contribution >= 0.6 is 12.2 Å². The Kier molecular flexibility index (Phi) is 11.4. The second kappa shape index (κ2) is 14.4. The molecule has 0 unspecified atom stereocenters. The van der Waals surface area contributed by atoms with Crippen molar-refractivity contribution in [2.75, 3.05) is 32.2 Å².